The summed E-state index contributed by atoms with van der Waals surface area (Å²) in [5.41, 5.74) is 0.622. The van der Waals surface area contributed by atoms with Crippen molar-refractivity contribution in [2.45, 2.75) is 31.7 Å². The first-order chi connectivity index (χ1) is 8.69. The zero-order chi connectivity index (χ0) is 12.7. The summed E-state index contributed by atoms with van der Waals surface area (Å²) in [5, 5.41) is 3.24. The highest BCUT2D eigenvalue weighted by molar-refractivity contribution is 5.23. The highest BCUT2D eigenvalue weighted by atomic mass is 19.1. The number of halogens is 2. The Morgan fingerprint density at radius 2 is 2.06 bits per heavy atom. The Bertz CT molecular complexity index is 446. The lowest BCUT2D eigenvalue weighted by Gasteiger charge is -2.30. The van der Waals surface area contributed by atoms with Crippen LogP contribution >= 0.6 is 0 Å². The van der Waals surface area contributed by atoms with Gasteiger partial charge in [-0.3, -0.25) is 0 Å². The van der Waals surface area contributed by atoms with E-state index in [1.165, 1.54) is 31.7 Å². The van der Waals surface area contributed by atoms with E-state index in [2.05, 4.69) is 5.32 Å². The van der Waals surface area contributed by atoms with Gasteiger partial charge in [-0.2, -0.15) is 0 Å². The summed E-state index contributed by atoms with van der Waals surface area (Å²) in [7, 11) is 1.87. The van der Waals surface area contributed by atoms with Crippen LogP contribution in [0, 0.1) is 29.4 Å². The molecular weight excluding hydrogens is 232 g/mol. The van der Waals surface area contributed by atoms with E-state index >= 15 is 0 Å². The molecule has 98 valence electrons. The molecule has 2 saturated carbocycles. The minimum Gasteiger partial charge on any atom is -0.313 e. The van der Waals surface area contributed by atoms with Crippen molar-refractivity contribution in [1.82, 2.24) is 5.32 Å². The average molecular weight is 251 g/mol. The molecule has 1 N–H and O–H groups in total. The fraction of sp³-hybridized carbons (Fsp3) is 0.600. The van der Waals surface area contributed by atoms with Gasteiger partial charge in [0.1, 0.15) is 11.6 Å². The van der Waals surface area contributed by atoms with E-state index in [1.54, 1.807) is 6.07 Å². The van der Waals surface area contributed by atoms with Crippen LogP contribution in [0.5, 0.6) is 0 Å². The summed E-state index contributed by atoms with van der Waals surface area (Å²) in [6.07, 6.45) is 5.10. The van der Waals surface area contributed by atoms with Gasteiger partial charge in [-0.1, -0.05) is 12.5 Å². The number of benzene rings is 1. The summed E-state index contributed by atoms with van der Waals surface area (Å²) >= 11 is 0. The van der Waals surface area contributed by atoms with E-state index in [0.717, 1.165) is 17.9 Å². The number of fused-ring (bicyclic) bond motifs is 2. The molecule has 0 aliphatic heterocycles. The molecular formula is C15H19F2N. The van der Waals surface area contributed by atoms with E-state index in [-0.39, 0.29) is 6.04 Å². The van der Waals surface area contributed by atoms with Gasteiger partial charge in [-0.25, -0.2) is 8.78 Å². The maximum absolute atomic E-state index is 13.9. The van der Waals surface area contributed by atoms with Crippen LogP contribution in [0.4, 0.5) is 8.78 Å². The lowest BCUT2D eigenvalue weighted by atomic mass is 9.80. The molecule has 0 heterocycles. The molecule has 3 heteroatoms. The lowest BCUT2D eigenvalue weighted by Crippen LogP contribution is -2.29. The summed E-state index contributed by atoms with van der Waals surface area (Å²) < 4.78 is 26.9. The fourth-order valence-corrected chi connectivity index (χ4v) is 4.06. The van der Waals surface area contributed by atoms with Crippen molar-refractivity contribution >= 4 is 0 Å². The second-order valence-corrected chi connectivity index (χ2v) is 5.77. The molecule has 0 aromatic heterocycles. The Labute approximate surface area is 107 Å². The number of hydrogen-bond acceptors (Lipinski definition) is 1. The quantitative estimate of drug-likeness (QED) is 0.864. The molecule has 3 rings (SSSR count). The zero-order valence-electron chi connectivity index (χ0n) is 10.6. The van der Waals surface area contributed by atoms with Crippen LogP contribution < -0.4 is 5.32 Å². The number of rotatable bonds is 3. The molecule has 18 heavy (non-hydrogen) atoms. The molecule has 2 fully saturated rings. The molecule has 2 aliphatic carbocycles. The monoisotopic (exact) mass is 251 g/mol. The Hall–Kier alpha value is -0.960. The van der Waals surface area contributed by atoms with Gasteiger partial charge in [-0.05, 0) is 50.1 Å². The predicted octanol–water partition coefficient (Wildman–Crippen LogP) is 3.66. The summed E-state index contributed by atoms with van der Waals surface area (Å²) in [4.78, 5) is 0. The van der Waals surface area contributed by atoms with Crippen molar-refractivity contribution in [3.05, 3.63) is 35.4 Å². The second-order valence-electron chi connectivity index (χ2n) is 5.77. The second kappa shape index (κ2) is 4.61. The van der Waals surface area contributed by atoms with Crippen molar-refractivity contribution in [3.63, 3.8) is 0 Å². The van der Waals surface area contributed by atoms with Crippen molar-refractivity contribution < 1.29 is 8.78 Å². The summed E-state index contributed by atoms with van der Waals surface area (Å²) in [5.74, 6) is 1.14. The van der Waals surface area contributed by atoms with E-state index in [9.17, 15) is 8.78 Å². The topological polar surface area (TPSA) is 12.0 Å². The normalized spacial score (nSPS) is 31.8. The van der Waals surface area contributed by atoms with Crippen molar-refractivity contribution in [1.29, 1.82) is 0 Å². The van der Waals surface area contributed by atoms with E-state index in [4.69, 9.17) is 0 Å². The van der Waals surface area contributed by atoms with Gasteiger partial charge in [0.15, 0.2) is 0 Å². The van der Waals surface area contributed by atoms with E-state index in [1.807, 2.05) is 7.05 Å². The van der Waals surface area contributed by atoms with Crippen LogP contribution in [-0.4, -0.2) is 7.05 Å². The van der Waals surface area contributed by atoms with Gasteiger partial charge >= 0.3 is 0 Å². The Balaban J connectivity index is 1.88. The molecule has 2 aliphatic rings. The third kappa shape index (κ3) is 1.95. The van der Waals surface area contributed by atoms with E-state index in [0.29, 0.717) is 11.5 Å². The molecule has 1 nitrogen and oxygen atoms in total. The maximum Gasteiger partial charge on any atom is 0.130 e. The minimum absolute atomic E-state index is 0.0286. The van der Waals surface area contributed by atoms with Gasteiger partial charge in [-0.15, -0.1) is 0 Å². The van der Waals surface area contributed by atoms with Gasteiger partial charge in [0.25, 0.3) is 0 Å². The minimum atomic E-state index is -0.501. The summed E-state index contributed by atoms with van der Waals surface area (Å²) in [6.45, 7) is 0. The van der Waals surface area contributed by atoms with E-state index < -0.39 is 11.6 Å². The van der Waals surface area contributed by atoms with Gasteiger partial charge in [0.2, 0.25) is 0 Å². The first kappa shape index (κ1) is 12.1. The predicted molar refractivity (Wildman–Crippen MR) is 67.1 cm³/mol. The van der Waals surface area contributed by atoms with Crippen LogP contribution in [0.3, 0.4) is 0 Å². The SMILES string of the molecule is CNC(c1ccc(F)cc1F)C1CC2CCC1C2. The van der Waals surface area contributed by atoms with Crippen LogP contribution in [-0.2, 0) is 0 Å². The molecule has 4 atom stereocenters. The summed E-state index contributed by atoms with van der Waals surface area (Å²) in [6, 6.07) is 3.97. The number of hydrogen-bond donors (Lipinski definition) is 1. The Kier molecular flexibility index (Phi) is 3.10. The zero-order valence-corrected chi connectivity index (χ0v) is 10.6. The molecule has 0 saturated heterocycles. The Morgan fingerprint density at radius 1 is 1.22 bits per heavy atom. The molecule has 4 unspecified atom stereocenters. The van der Waals surface area contributed by atoms with Crippen molar-refractivity contribution in [3.8, 4) is 0 Å². The number of nitrogens with one attached hydrogen (secondary N) is 1. The molecule has 0 radical (unpaired) electrons. The average Bonchev–Trinajstić information content (AvgIpc) is 2.95. The first-order valence-corrected chi connectivity index (χ1v) is 6.81. The highest BCUT2D eigenvalue weighted by Crippen LogP contribution is 2.52. The first-order valence-electron chi connectivity index (χ1n) is 6.81. The lowest BCUT2D eigenvalue weighted by molar-refractivity contribution is 0.255. The molecule has 1 aromatic rings. The highest BCUT2D eigenvalue weighted by Gasteiger charge is 2.43. The van der Waals surface area contributed by atoms with Crippen LogP contribution in [0.1, 0.15) is 37.3 Å². The third-order valence-electron chi connectivity index (χ3n) is 4.83. The molecule has 0 spiro atoms. The smallest absolute Gasteiger partial charge is 0.130 e. The Morgan fingerprint density at radius 3 is 2.61 bits per heavy atom. The van der Waals surface area contributed by atoms with Gasteiger partial charge < -0.3 is 5.32 Å². The maximum atomic E-state index is 13.9. The largest absolute Gasteiger partial charge is 0.313 e. The van der Waals surface area contributed by atoms with Crippen LogP contribution in [0.15, 0.2) is 18.2 Å². The van der Waals surface area contributed by atoms with Crippen LogP contribution in [0.2, 0.25) is 0 Å². The fourth-order valence-electron chi connectivity index (χ4n) is 4.06. The van der Waals surface area contributed by atoms with Gasteiger partial charge in [0, 0.05) is 17.7 Å². The standard InChI is InChI=1S/C15H19F2N/c1-18-15(12-5-4-11(16)8-14(12)17)13-7-9-2-3-10(13)6-9/h4-5,8-10,13,15,18H,2-3,6-7H2,1H3. The third-order valence-corrected chi connectivity index (χ3v) is 4.83. The van der Waals surface area contributed by atoms with Crippen molar-refractivity contribution in [2.24, 2.45) is 17.8 Å². The molecule has 2 bridgehead atoms. The molecule has 0 amide bonds. The van der Waals surface area contributed by atoms with Crippen molar-refractivity contribution in [2.75, 3.05) is 7.05 Å². The van der Waals surface area contributed by atoms with Crippen LogP contribution in [0.25, 0.3) is 0 Å². The van der Waals surface area contributed by atoms with Gasteiger partial charge in [0.05, 0.1) is 0 Å². The molecule has 1 aromatic carbocycles.